The van der Waals surface area contributed by atoms with Crippen LogP contribution in [-0.4, -0.2) is 55.2 Å². The van der Waals surface area contributed by atoms with Crippen molar-refractivity contribution in [3.63, 3.8) is 0 Å². The lowest BCUT2D eigenvalue weighted by Gasteiger charge is -2.36. The Balaban J connectivity index is 1.82. The number of carboxylic acids is 1. The first-order chi connectivity index (χ1) is 12.9. The van der Waals surface area contributed by atoms with Gasteiger partial charge >= 0.3 is 5.97 Å². The van der Waals surface area contributed by atoms with Crippen LogP contribution < -0.4 is 0 Å². The Bertz CT molecular complexity index is 823. The Hall–Kier alpha value is -2.84. The summed E-state index contributed by atoms with van der Waals surface area (Å²) in [5.74, 6) is -1.41. The van der Waals surface area contributed by atoms with Crippen LogP contribution in [0, 0.1) is 24.6 Å². The predicted octanol–water partition coefficient (Wildman–Crippen LogP) is 1.47. The van der Waals surface area contributed by atoms with Crippen molar-refractivity contribution < 1.29 is 19.1 Å². The summed E-state index contributed by atoms with van der Waals surface area (Å²) >= 11 is 0. The fourth-order valence-corrected chi connectivity index (χ4v) is 3.57. The van der Waals surface area contributed by atoms with Gasteiger partial charge in [0.2, 0.25) is 5.91 Å². The Morgan fingerprint density at radius 3 is 2.59 bits per heavy atom. The molecule has 0 radical (unpaired) electrons. The third-order valence-corrected chi connectivity index (χ3v) is 5.11. The number of carboxylic acid groups (broad SMARTS) is 1. The summed E-state index contributed by atoms with van der Waals surface area (Å²) in [5, 5.41) is 20.7. The van der Waals surface area contributed by atoms with E-state index in [4.69, 9.17) is 0 Å². The molecule has 8 nitrogen and oxygen atoms in total. The maximum atomic E-state index is 13.2. The third kappa shape index (κ3) is 4.12. The number of hydrogen-bond donors (Lipinski definition) is 1. The molecule has 0 aliphatic carbocycles. The number of aromatic nitrogens is 4. The summed E-state index contributed by atoms with van der Waals surface area (Å²) in [4.78, 5) is 26.2. The van der Waals surface area contributed by atoms with Crippen LogP contribution in [0.15, 0.2) is 24.3 Å². The maximum Gasteiger partial charge on any atom is 0.306 e. The molecule has 3 rings (SSSR count). The number of aliphatic carboxylic acids is 1. The summed E-state index contributed by atoms with van der Waals surface area (Å²) in [6.07, 6.45) is 0.734. The number of tetrazole rings is 1. The Morgan fingerprint density at radius 2 is 2.04 bits per heavy atom. The van der Waals surface area contributed by atoms with E-state index < -0.39 is 17.9 Å². The molecule has 1 N–H and O–H groups in total. The largest absolute Gasteiger partial charge is 0.481 e. The smallest absolute Gasteiger partial charge is 0.306 e. The molecule has 2 aromatic rings. The van der Waals surface area contributed by atoms with Crippen molar-refractivity contribution in [1.82, 2.24) is 25.1 Å². The SMILES string of the molecule is Cc1nnnn1C(Cc1ccc(F)cc1)C(=O)N1CCC(C(=O)O)C(C)C1. The minimum Gasteiger partial charge on any atom is -0.481 e. The quantitative estimate of drug-likeness (QED) is 0.849. The summed E-state index contributed by atoms with van der Waals surface area (Å²) in [6.45, 7) is 4.30. The first kappa shape index (κ1) is 18.9. The number of benzene rings is 1. The zero-order valence-electron chi connectivity index (χ0n) is 15.2. The highest BCUT2D eigenvalue weighted by Gasteiger charge is 2.36. The highest BCUT2D eigenvalue weighted by molar-refractivity contribution is 5.81. The molecule has 9 heteroatoms. The number of rotatable bonds is 5. The lowest BCUT2D eigenvalue weighted by molar-refractivity contribution is -0.149. The summed E-state index contributed by atoms with van der Waals surface area (Å²) in [7, 11) is 0. The van der Waals surface area contributed by atoms with E-state index in [0.29, 0.717) is 31.8 Å². The van der Waals surface area contributed by atoms with Crippen molar-refractivity contribution in [1.29, 1.82) is 0 Å². The average Bonchev–Trinajstić information content (AvgIpc) is 3.06. The van der Waals surface area contributed by atoms with E-state index in [1.807, 2.05) is 6.92 Å². The molecule has 1 aromatic heterocycles. The number of nitrogens with zero attached hydrogens (tertiary/aromatic N) is 5. The number of carbonyl (C=O) groups excluding carboxylic acids is 1. The lowest BCUT2D eigenvalue weighted by Crippen LogP contribution is -2.48. The molecule has 144 valence electrons. The van der Waals surface area contributed by atoms with E-state index in [1.54, 1.807) is 24.0 Å². The molecule has 1 fully saturated rings. The summed E-state index contributed by atoms with van der Waals surface area (Å²) < 4.78 is 14.7. The first-order valence-electron chi connectivity index (χ1n) is 8.87. The van der Waals surface area contributed by atoms with Gasteiger partial charge in [-0.05, 0) is 47.4 Å². The highest BCUT2D eigenvalue weighted by atomic mass is 19.1. The van der Waals surface area contributed by atoms with Gasteiger partial charge in [0, 0.05) is 19.5 Å². The van der Waals surface area contributed by atoms with Crippen molar-refractivity contribution in [3.8, 4) is 0 Å². The molecular weight excluding hydrogens is 353 g/mol. The molecular formula is C18H22FN5O3. The molecule has 0 bridgehead atoms. The van der Waals surface area contributed by atoms with Gasteiger partial charge in [-0.15, -0.1) is 5.10 Å². The first-order valence-corrected chi connectivity index (χ1v) is 8.87. The molecule has 1 aliphatic rings. The van der Waals surface area contributed by atoms with E-state index in [0.717, 1.165) is 5.56 Å². The van der Waals surface area contributed by atoms with Crippen molar-refractivity contribution >= 4 is 11.9 Å². The standard InChI is InChI=1S/C18H22FN5O3/c1-11-10-23(8-7-15(11)18(26)27)17(25)16(24-12(2)20-21-22-24)9-13-3-5-14(19)6-4-13/h3-6,11,15-16H,7-10H2,1-2H3,(H,26,27). The van der Waals surface area contributed by atoms with Gasteiger partial charge in [0.1, 0.15) is 17.7 Å². The van der Waals surface area contributed by atoms with E-state index in [2.05, 4.69) is 15.5 Å². The van der Waals surface area contributed by atoms with Crippen LogP contribution in [-0.2, 0) is 16.0 Å². The van der Waals surface area contributed by atoms with Crippen LogP contribution in [0.1, 0.15) is 30.8 Å². The zero-order chi connectivity index (χ0) is 19.6. The molecule has 0 saturated carbocycles. The number of likely N-dealkylation sites (tertiary alicyclic amines) is 1. The van der Waals surface area contributed by atoms with Gasteiger partial charge in [-0.2, -0.15) is 0 Å². The Morgan fingerprint density at radius 1 is 1.33 bits per heavy atom. The van der Waals surface area contributed by atoms with Crippen LogP contribution in [0.4, 0.5) is 4.39 Å². The van der Waals surface area contributed by atoms with Gasteiger partial charge in [-0.25, -0.2) is 9.07 Å². The van der Waals surface area contributed by atoms with Crippen LogP contribution >= 0.6 is 0 Å². The second kappa shape index (κ2) is 7.81. The number of piperidine rings is 1. The van der Waals surface area contributed by atoms with E-state index in [-0.39, 0.29) is 17.6 Å². The van der Waals surface area contributed by atoms with Crippen molar-refractivity contribution in [3.05, 3.63) is 41.5 Å². The molecule has 2 heterocycles. The van der Waals surface area contributed by atoms with Crippen molar-refractivity contribution in [2.24, 2.45) is 11.8 Å². The number of amides is 1. The second-order valence-electron chi connectivity index (χ2n) is 7.01. The molecule has 27 heavy (non-hydrogen) atoms. The number of aryl methyl sites for hydroxylation is 1. The molecule has 1 saturated heterocycles. The number of halogens is 1. The molecule has 3 unspecified atom stereocenters. The monoisotopic (exact) mass is 375 g/mol. The van der Waals surface area contributed by atoms with Crippen LogP contribution in [0.3, 0.4) is 0 Å². The molecule has 1 amide bonds. The molecule has 1 aliphatic heterocycles. The summed E-state index contributed by atoms with van der Waals surface area (Å²) in [6, 6.07) is 5.30. The van der Waals surface area contributed by atoms with Gasteiger partial charge in [0.05, 0.1) is 5.92 Å². The van der Waals surface area contributed by atoms with Gasteiger partial charge in [0.15, 0.2) is 0 Å². The predicted molar refractivity (Wildman–Crippen MR) is 93.2 cm³/mol. The minimum absolute atomic E-state index is 0.137. The van der Waals surface area contributed by atoms with Crippen LogP contribution in [0.25, 0.3) is 0 Å². The minimum atomic E-state index is -0.825. The normalized spacial score (nSPS) is 21.1. The fourth-order valence-electron chi connectivity index (χ4n) is 3.57. The summed E-state index contributed by atoms with van der Waals surface area (Å²) in [5.41, 5.74) is 0.790. The lowest BCUT2D eigenvalue weighted by atomic mass is 9.86. The Kier molecular flexibility index (Phi) is 5.48. The van der Waals surface area contributed by atoms with Crippen LogP contribution in [0.5, 0.6) is 0 Å². The van der Waals surface area contributed by atoms with Gasteiger partial charge in [-0.3, -0.25) is 9.59 Å². The number of carbonyl (C=O) groups is 2. The van der Waals surface area contributed by atoms with E-state index in [1.165, 1.54) is 16.8 Å². The van der Waals surface area contributed by atoms with Crippen LogP contribution in [0.2, 0.25) is 0 Å². The fraction of sp³-hybridized carbons (Fsp3) is 0.500. The van der Waals surface area contributed by atoms with Gasteiger partial charge < -0.3 is 10.0 Å². The maximum absolute atomic E-state index is 13.2. The topological polar surface area (TPSA) is 101 Å². The molecule has 1 aromatic carbocycles. The van der Waals surface area contributed by atoms with Crippen molar-refractivity contribution in [2.45, 2.75) is 32.7 Å². The van der Waals surface area contributed by atoms with Gasteiger partial charge in [-0.1, -0.05) is 19.1 Å². The number of hydrogen-bond acceptors (Lipinski definition) is 5. The van der Waals surface area contributed by atoms with E-state index >= 15 is 0 Å². The second-order valence-corrected chi connectivity index (χ2v) is 7.01. The third-order valence-electron chi connectivity index (χ3n) is 5.11. The zero-order valence-corrected chi connectivity index (χ0v) is 15.2. The Labute approximate surface area is 156 Å². The average molecular weight is 375 g/mol. The molecule has 3 atom stereocenters. The van der Waals surface area contributed by atoms with Crippen molar-refractivity contribution in [2.75, 3.05) is 13.1 Å². The molecule has 0 spiro atoms. The van der Waals surface area contributed by atoms with Gasteiger partial charge in [0.25, 0.3) is 0 Å². The van der Waals surface area contributed by atoms with E-state index in [9.17, 15) is 19.1 Å². The highest BCUT2D eigenvalue weighted by Crippen LogP contribution is 2.26.